The van der Waals surface area contributed by atoms with Crippen LogP contribution in [0, 0.1) is 5.92 Å². The first-order valence-electron chi connectivity index (χ1n) is 5.97. The van der Waals surface area contributed by atoms with E-state index in [9.17, 15) is 9.59 Å². The van der Waals surface area contributed by atoms with Gasteiger partial charge in [0.05, 0.1) is 12.2 Å². The van der Waals surface area contributed by atoms with Crippen molar-refractivity contribution in [2.75, 3.05) is 6.61 Å². The highest BCUT2D eigenvalue weighted by atomic mass is 16.6. The van der Waals surface area contributed by atoms with Crippen LogP contribution in [0.5, 0.6) is 5.75 Å². The van der Waals surface area contributed by atoms with Gasteiger partial charge >= 0.3 is 5.97 Å². The molecule has 0 aromatic heterocycles. The predicted molar refractivity (Wildman–Crippen MR) is 67.7 cm³/mol. The van der Waals surface area contributed by atoms with Gasteiger partial charge in [0, 0.05) is 5.92 Å². The Kier molecular flexibility index (Phi) is 5.36. The van der Waals surface area contributed by atoms with E-state index < -0.39 is 12.1 Å². The average molecular weight is 250 g/mol. The van der Waals surface area contributed by atoms with E-state index in [0.717, 1.165) is 0 Å². The first kappa shape index (κ1) is 14.2. The van der Waals surface area contributed by atoms with Crippen LogP contribution >= 0.6 is 0 Å². The Balaban J connectivity index is 2.89. The molecular weight excluding hydrogens is 232 g/mol. The molecule has 1 unspecified atom stereocenters. The SMILES string of the molecule is CCOC(=O)C(Oc1ccccc1C=O)C(C)C. The summed E-state index contributed by atoms with van der Waals surface area (Å²) in [6.07, 6.45) is 0.00349. The fourth-order valence-electron chi connectivity index (χ4n) is 1.50. The number of ether oxygens (including phenoxy) is 2. The van der Waals surface area contributed by atoms with Crippen molar-refractivity contribution in [3.63, 3.8) is 0 Å². The first-order chi connectivity index (χ1) is 8.60. The molecule has 0 fully saturated rings. The quantitative estimate of drug-likeness (QED) is 0.575. The maximum Gasteiger partial charge on any atom is 0.347 e. The zero-order valence-electron chi connectivity index (χ0n) is 10.9. The van der Waals surface area contributed by atoms with Gasteiger partial charge in [-0.25, -0.2) is 4.79 Å². The smallest absolute Gasteiger partial charge is 0.347 e. The molecule has 0 saturated carbocycles. The van der Waals surface area contributed by atoms with Crippen LogP contribution in [-0.2, 0) is 9.53 Å². The van der Waals surface area contributed by atoms with Gasteiger partial charge in [0.15, 0.2) is 12.4 Å². The zero-order valence-corrected chi connectivity index (χ0v) is 10.9. The largest absolute Gasteiger partial charge is 0.478 e. The molecule has 0 aliphatic carbocycles. The lowest BCUT2D eigenvalue weighted by Crippen LogP contribution is -2.34. The number of para-hydroxylation sites is 1. The molecule has 0 bridgehead atoms. The van der Waals surface area contributed by atoms with E-state index in [1.54, 1.807) is 31.2 Å². The van der Waals surface area contributed by atoms with Gasteiger partial charge in [-0.2, -0.15) is 0 Å². The Morgan fingerprint density at radius 1 is 1.33 bits per heavy atom. The van der Waals surface area contributed by atoms with Crippen LogP contribution < -0.4 is 4.74 Å². The van der Waals surface area contributed by atoms with E-state index in [1.807, 2.05) is 13.8 Å². The van der Waals surface area contributed by atoms with Crippen LogP contribution in [0.1, 0.15) is 31.1 Å². The van der Waals surface area contributed by atoms with Crippen molar-refractivity contribution in [1.29, 1.82) is 0 Å². The van der Waals surface area contributed by atoms with E-state index >= 15 is 0 Å². The predicted octanol–water partition coefficient (Wildman–Crippen LogP) is 2.47. The van der Waals surface area contributed by atoms with Gasteiger partial charge in [0.2, 0.25) is 0 Å². The Hall–Kier alpha value is -1.84. The fraction of sp³-hybridized carbons (Fsp3) is 0.429. The molecule has 1 aromatic rings. The van der Waals surface area contributed by atoms with Crippen LogP contribution in [0.3, 0.4) is 0 Å². The lowest BCUT2D eigenvalue weighted by molar-refractivity contribution is -0.153. The van der Waals surface area contributed by atoms with Gasteiger partial charge in [0.25, 0.3) is 0 Å². The van der Waals surface area contributed by atoms with Crippen LogP contribution in [0.15, 0.2) is 24.3 Å². The number of benzene rings is 1. The van der Waals surface area contributed by atoms with Gasteiger partial charge in [0.1, 0.15) is 5.75 Å². The number of esters is 1. The fourth-order valence-corrected chi connectivity index (χ4v) is 1.50. The summed E-state index contributed by atoms with van der Waals surface area (Å²) < 4.78 is 10.6. The minimum absolute atomic E-state index is 0.0382. The second-order valence-electron chi connectivity index (χ2n) is 4.19. The van der Waals surface area contributed by atoms with Crippen molar-refractivity contribution in [2.24, 2.45) is 5.92 Å². The molecule has 4 heteroatoms. The summed E-state index contributed by atoms with van der Waals surface area (Å²) in [5, 5.41) is 0. The van der Waals surface area contributed by atoms with Crippen molar-refractivity contribution in [2.45, 2.75) is 26.9 Å². The molecule has 1 rings (SSSR count). The molecule has 18 heavy (non-hydrogen) atoms. The Morgan fingerprint density at radius 3 is 2.56 bits per heavy atom. The molecule has 0 aliphatic heterocycles. The van der Waals surface area contributed by atoms with Crippen LogP contribution in [0.4, 0.5) is 0 Å². The number of hydrogen-bond donors (Lipinski definition) is 0. The van der Waals surface area contributed by atoms with E-state index in [-0.39, 0.29) is 5.92 Å². The molecule has 4 nitrogen and oxygen atoms in total. The summed E-state index contributed by atoms with van der Waals surface area (Å²) in [4.78, 5) is 22.6. The molecule has 0 saturated heterocycles. The summed E-state index contributed by atoms with van der Waals surface area (Å²) >= 11 is 0. The minimum Gasteiger partial charge on any atom is -0.478 e. The Labute approximate surface area is 107 Å². The van der Waals surface area contributed by atoms with E-state index in [1.165, 1.54) is 0 Å². The summed E-state index contributed by atoms with van der Waals surface area (Å²) in [6, 6.07) is 6.80. The van der Waals surface area contributed by atoms with Crippen LogP contribution in [0.25, 0.3) is 0 Å². The second kappa shape index (κ2) is 6.79. The third-order valence-corrected chi connectivity index (χ3v) is 2.42. The molecule has 0 heterocycles. The van der Waals surface area contributed by atoms with Gasteiger partial charge in [-0.05, 0) is 19.1 Å². The molecule has 0 amide bonds. The Bertz CT molecular complexity index is 412. The Morgan fingerprint density at radius 2 is 2.00 bits per heavy atom. The molecule has 0 radical (unpaired) electrons. The third kappa shape index (κ3) is 3.58. The van der Waals surface area contributed by atoms with E-state index in [2.05, 4.69) is 0 Å². The molecule has 98 valence electrons. The summed E-state index contributed by atoms with van der Waals surface area (Å²) in [5.74, 6) is -0.0452. The molecule has 0 spiro atoms. The topological polar surface area (TPSA) is 52.6 Å². The number of carbonyl (C=O) groups is 2. The van der Waals surface area contributed by atoms with Crippen molar-refractivity contribution in [3.05, 3.63) is 29.8 Å². The highest BCUT2D eigenvalue weighted by Gasteiger charge is 2.26. The molecule has 1 aromatic carbocycles. The van der Waals surface area contributed by atoms with Crippen molar-refractivity contribution < 1.29 is 19.1 Å². The zero-order chi connectivity index (χ0) is 13.5. The monoisotopic (exact) mass is 250 g/mol. The minimum atomic E-state index is -0.703. The molecule has 0 N–H and O–H groups in total. The molecular formula is C14H18O4. The number of hydrogen-bond acceptors (Lipinski definition) is 4. The maximum atomic E-state index is 11.8. The highest BCUT2D eigenvalue weighted by Crippen LogP contribution is 2.20. The summed E-state index contributed by atoms with van der Waals surface area (Å²) in [5.41, 5.74) is 0.424. The standard InChI is InChI=1S/C14H18O4/c1-4-17-14(16)13(10(2)3)18-12-8-6-5-7-11(12)9-15/h5-10,13H,4H2,1-3H3. The highest BCUT2D eigenvalue weighted by molar-refractivity contribution is 5.80. The third-order valence-electron chi connectivity index (χ3n) is 2.42. The van der Waals surface area contributed by atoms with Crippen LogP contribution in [0.2, 0.25) is 0 Å². The van der Waals surface area contributed by atoms with E-state index in [0.29, 0.717) is 24.2 Å². The lowest BCUT2D eigenvalue weighted by Gasteiger charge is -2.21. The van der Waals surface area contributed by atoms with E-state index in [4.69, 9.17) is 9.47 Å². The van der Waals surface area contributed by atoms with Gasteiger partial charge in [-0.1, -0.05) is 26.0 Å². The average Bonchev–Trinajstić information content (AvgIpc) is 2.36. The number of rotatable bonds is 6. The summed E-state index contributed by atoms with van der Waals surface area (Å²) in [6.45, 7) is 5.78. The first-order valence-corrected chi connectivity index (χ1v) is 5.97. The molecule has 0 aliphatic rings. The van der Waals surface area contributed by atoms with Crippen molar-refractivity contribution >= 4 is 12.3 Å². The van der Waals surface area contributed by atoms with Gasteiger partial charge in [-0.15, -0.1) is 0 Å². The number of aldehydes is 1. The van der Waals surface area contributed by atoms with Gasteiger partial charge in [-0.3, -0.25) is 4.79 Å². The van der Waals surface area contributed by atoms with Crippen molar-refractivity contribution in [3.8, 4) is 5.75 Å². The van der Waals surface area contributed by atoms with Crippen molar-refractivity contribution in [1.82, 2.24) is 0 Å². The van der Waals surface area contributed by atoms with Gasteiger partial charge < -0.3 is 9.47 Å². The summed E-state index contributed by atoms with van der Waals surface area (Å²) in [7, 11) is 0. The normalized spacial score (nSPS) is 12.0. The van der Waals surface area contributed by atoms with Crippen LogP contribution in [-0.4, -0.2) is 25.0 Å². The maximum absolute atomic E-state index is 11.8. The molecule has 1 atom stereocenters. The number of carbonyl (C=O) groups excluding carboxylic acids is 2. The second-order valence-corrected chi connectivity index (χ2v) is 4.19. The lowest BCUT2D eigenvalue weighted by atomic mass is 10.1.